The van der Waals surface area contributed by atoms with Gasteiger partial charge < -0.3 is 4.74 Å². The lowest BCUT2D eigenvalue weighted by atomic mass is 9.91. The van der Waals surface area contributed by atoms with Crippen LogP contribution in [0.15, 0.2) is 60.1 Å². The molecule has 0 N–H and O–H groups in total. The summed E-state index contributed by atoms with van der Waals surface area (Å²) >= 11 is 14.0. The maximum absolute atomic E-state index is 13.6. The molecule has 1 aliphatic rings. The van der Waals surface area contributed by atoms with Crippen molar-refractivity contribution in [1.82, 2.24) is 14.8 Å². The van der Waals surface area contributed by atoms with Crippen molar-refractivity contribution in [3.63, 3.8) is 0 Å². The Hall–Kier alpha value is -2.48. The highest BCUT2D eigenvalue weighted by Gasteiger charge is 2.41. The van der Waals surface area contributed by atoms with Gasteiger partial charge in [0.05, 0.1) is 11.4 Å². The molecule has 4 aromatic rings. The molecule has 2 aromatic heterocycles. The van der Waals surface area contributed by atoms with Crippen LogP contribution in [0.4, 0.5) is 4.39 Å². The Kier molecular flexibility index (Phi) is 4.53. The van der Waals surface area contributed by atoms with Crippen molar-refractivity contribution in [1.29, 1.82) is 0 Å². The molecular formula is C20H13Cl2FN4OS. The van der Waals surface area contributed by atoms with Gasteiger partial charge in [0.15, 0.2) is 0 Å². The zero-order chi connectivity index (χ0) is 20.0. The van der Waals surface area contributed by atoms with E-state index >= 15 is 0 Å². The third-order valence-electron chi connectivity index (χ3n) is 4.78. The van der Waals surface area contributed by atoms with Crippen LogP contribution in [-0.2, 0) is 16.8 Å². The molecule has 146 valence electrons. The lowest BCUT2D eigenvalue weighted by molar-refractivity contribution is 0.230. The molecule has 1 unspecified atom stereocenters. The molecule has 3 heterocycles. The van der Waals surface area contributed by atoms with E-state index in [0.29, 0.717) is 22.5 Å². The molecule has 0 saturated heterocycles. The Balaban J connectivity index is 1.62. The Morgan fingerprint density at radius 2 is 2.07 bits per heavy atom. The highest BCUT2D eigenvalue weighted by molar-refractivity contribution is 7.20. The summed E-state index contributed by atoms with van der Waals surface area (Å²) in [7, 11) is 0. The number of halogens is 3. The summed E-state index contributed by atoms with van der Waals surface area (Å²) in [4.78, 5) is 9.78. The lowest BCUT2D eigenvalue weighted by Crippen LogP contribution is -2.32. The molecule has 0 radical (unpaired) electrons. The number of aliphatic imine (C=N–C) groups is 1. The number of ether oxygens (including phenoxy) is 1. The van der Waals surface area contributed by atoms with Crippen LogP contribution in [0.1, 0.15) is 10.4 Å². The predicted octanol–water partition coefficient (Wildman–Crippen LogP) is 5.31. The largest absolute Gasteiger partial charge is 0.474 e. The van der Waals surface area contributed by atoms with E-state index in [1.54, 1.807) is 29.2 Å². The molecular weight excluding hydrogens is 434 g/mol. The van der Waals surface area contributed by atoms with Crippen molar-refractivity contribution in [3.05, 3.63) is 81.4 Å². The molecule has 0 fully saturated rings. The van der Waals surface area contributed by atoms with E-state index in [0.717, 1.165) is 20.5 Å². The number of thiophene rings is 1. The second-order valence-electron chi connectivity index (χ2n) is 6.75. The lowest BCUT2D eigenvalue weighted by Gasteiger charge is -2.25. The van der Waals surface area contributed by atoms with E-state index in [1.807, 2.05) is 12.1 Å². The number of fused-ring (bicyclic) bond motifs is 1. The van der Waals surface area contributed by atoms with Gasteiger partial charge >= 0.3 is 0 Å². The summed E-state index contributed by atoms with van der Waals surface area (Å²) in [6, 6.07) is 12.0. The molecule has 0 aliphatic carbocycles. The standard InChI is InChI=1S/C20H13Cl2FN4OS/c21-13-2-4-15(16(22)6-13)20(8-27-11-24-10-25-27)9-28-19(26-20)18-5-12-1-3-14(23)7-17(12)29-18/h1-7,10-11H,8-9H2. The molecule has 0 amide bonds. The third-order valence-corrected chi connectivity index (χ3v) is 6.41. The van der Waals surface area contributed by atoms with Crippen LogP contribution < -0.4 is 0 Å². The first-order chi connectivity index (χ1) is 14.0. The average molecular weight is 447 g/mol. The van der Waals surface area contributed by atoms with Crippen LogP contribution in [0.2, 0.25) is 10.0 Å². The van der Waals surface area contributed by atoms with Crippen LogP contribution in [0.3, 0.4) is 0 Å². The summed E-state index contributed by atoms with van der Waals surface area (Å²) < 4.78 is 22.1. The Morgan fingerprint density at radius 3 is 2.86 bits per heavy atom. The van der Waals surface area contributed by atoms with Gasteiger partial charge in [-0.25, -0.2) is 14.4 Å². The zero-order valence-corrected chi connectivity index (χ0v) is 17.2. The van der Waals surface area contributed by atoms with E-state index < -0.39 is 5.54 Å². The van der Waals surface area contributed by atoms with Crippen LogP contribution in [0, 0.1) is 5.82 Å². The Bertz CT molecular complexity index is 1240. The van der Waals surface area contributed by atoms with Gasteiger partial charge in [0.1, 0.15) is 30.6 Å². The van der Waals surface area contributed by atoms with Gasteiger partial charge in [0, 0.05) is 20.3 Å². The van der Waals surface area contributed by atoms with Crippen LogP contribution in [-0.4, -0.2) is 27.3 Å². The summed E-state index contributed by atoms with van der Waals surface area (Å²) in [6.07, 6.45) is 3.10. The number of nitrogens with zero attached hydrogens (tertiary/aromatic N) is 4. The quantitative estimate of drug-likeness (QED) is 0.426. The van der Waals surface area contributed by atoms with Crippen molar-refractivity contribution < 1.29 is 9.13 Å². The van der Waals surface area contributed by atoms with Crippen molar-refractivity contribution >= 4 is 50.5 Å². The molecule has 9 heteroatoms. The molecule has 2 aromatic carbocycles. The number of hydrogen-bond donors (Lipinski definition) is 0. The first-order valence-electron chi connectivity index (χ1n) is 8.72. The van der Waals surface area contributed by atoms with Crippen molar-refractivity contribution in [2.45, 2.75) is 12.1 Å². The minimum absolute atomic E-state index is 0.270. The molecule has 5 rings (SSSR count). The van der Waals surface area contributed by atoms with Crippen LogP contribution in [0.5, 0.6) is 0 Å². The monoisotopic (exact) mass is 446 g/mol. The first-order valence-corrected chi connectivity index (χ1v) is 10.3. The molecule has 1 atom stereocenters. The van der Waals surface area contributed by atoms with Crippen molar-refractivity contribution in [2.24, 2.45) is 4.99 Å². The molecule has 29 heavy (non-hydrogen) atoms. The Morgan fingerprint density at radius 1 is 1.17 bits per heavy atom. The van der Waals surface area contributed by atoms with Gasteiger partial charge in [-0.3, -0.25) is 4.68 Å². The van der Waals surface area contributed by atoms with Gasteiger partial charge in [0.2, 0.25) is 5.90 Å². The van der Waals surface area contributed by atoms with Gasteiger partial charge in [0.25, 0.3) is 0 Å². The topological polar surface area (TPSA) is 52.3 Å². The Labute approximate surface area is 179 Å². The molecule has 1 aliphatic heterocycles. The van der Waals surface area contributed by atoms with Gasteiger partial charge in [-0.1, -0.05) is 35.3 Å². The predicted molar refractivity (Wildman–Crippen MR) is 112 cm³/mol. The van der Waals surface area contributed by atoms with E-state index in [1.165, 1.54) is 29.8 Å². The number of benzene rings is 2. The minimum atomic E-state index is -0.786. The van der Waals surface area contributed by atoms with E-state index in [-0.39, 0.29) is 12.4 Å². The summed E-state index contributed by atoms with van der Waals surface area (Å²) in [5.41, 5.74) is 0.00721. The smallest absolute Gasteiger partial charge is 0.227 e. The fourth-order valence-corrected chi connectivity index (χ4v) is 5.05. The fourth-order valence-electron chi connectivity index (χ4n) is 3.44. The SMILES string of the molecule is Fc1ccc2cc(C3=NC(Cn4cncn4)(c4ccc(Cl)cc4Cl)CO3)sc2c1. The normalized spacial score (nSPS) is 18.8. The molecule has 5 nitrogen and oxygen atoms in total. The summed E-state index contributed by atoms with van der Waals surface area (Å²) in [5.74, 6) is 0.228. The number of rotatable bonds is 4. The summed E-state index contributed by atoms with van der Waals surface area (Å²) in [5, 5.41) is 6.20. The third kappa shape index (κ3) is 3.39. The van der Waals surface area contributed by atoms with Crippen molar-refractivity contribution in [3.8, 4) is 0 Å². The van der Waals surface area contributed by atoms with Gasteiger partial charge in [-0.05, 0) is 35.7 Å². The zero-order valence-electron chi connectivity index (χ0n) is 14.8. The maximum Gasteiger partial charge on any atom is 0.227 e. The van der Waals surface area contributed by atoms with E-state index in [2.05, 4.69) is 10.1 Å². The molecule has 0 saturated carbocycles. The first kappa shape index (κ1) is 18.5. The van der Waals surface area contributed by atoms with Gasteiger partial charge in [-0.15, -0.1) is 11.3 Å². The fraction of sp³-hybridized carbons (Fsp3) is 0.150. The number of aromatic nitrogens is 3. The average Bonchev–Trinajstić information content (AvgIpc) is 3.41. The number of hydrogen-bond acceptors (Lipinski definition) is 5. The second-order valence-corrected chi connectivity index (χ2v) is 8.67. The molecule has 0 bridgehead atoms. The second kappa shape index (κ2) is 7.09. The van der Waals surface area contributed by atoms with E-state index in [9.17, 15) is 4.39 Å². The van der Waals surface area contributed by atoms with Crippen molar-refractivity contribution in [2.75, 3.05) is 6.61 Å². The van der Waals surface area contributed by atoms with E-state index in [4.69, 9.17) is 32.9 Å². The van der Waals surface area contributed by atoms with Crippen LogP contribution >= 0.6 is 34.5 Å². The maximum atomic E-state index is 13.6. The minimum Gasteiger partial charge on any atom is -0.474 e. The van der Waals surface area contributed by atoms with Crippen LogP contribution in [0.25, 0.3) is 10.1 Å². The highest BCUT2D eigenvalue weighted by atomic mass is 35.5. The highest BCUT2D eigenvalue weighted by Crippen LogP contribution is 2.40. The molecule has 0 spiro atoms. The summed E-state index contributed by atoms with van der Waals surface area (Å²) in [6.45, 7) is 0.684. The van der Waals surface area contributed by atoms with Gasteiger partial charge in [-0.2, -0.15) is 5.10 Å².